The lowest BCUT2D eigenvalue weighted by molar-refractivity contribution is -0.612. The van der Waals surface area contributed by atoms with E-state index in [0.717, 1.165) is 10.1 Å². The van der Waals surface area contributed by atoms with Gasteiger partial charge in [-0.25, -0.2) is 0 Å². The number of ether oxygens (including phenoxy) is 9. The Balaban J connectivity index is 4.60. The summed E-state index contributed by atoms with van der Waals surface area (Å²) < 4.78 is 846. The van der Waals surface area contributed by atoms with Crippen molar-refractivity contribution in [1.29, 1.82) is 0 Å². The summed E-state index contributed by atoms with van der Waals surface area (Å²) in [6, 6.07) is -1.01. The number of halogens is 59. The Morgan fingerprint density at radius 2 is 0.464 bits per heavy atom. The Morgan fingerprint density at radius 3 is 0.616 bits per heavy atom. The van der Waals surface area contributed by atoms with Crippen LogP contribution in [-0.2, 0) is 53.3 Å². The summed E-state index contributed by atoms with van der Waals surface area (Å²) in [5.41, 5.74) is -9.86. The molecular weight excluding hydrogens is 1810 g/mol. The lowest BCUT2D eigenvalue weighted by Gasteiger charge is -2.46. The Hall–Kier alpha value is -6.08. The first-order valence-corrected chi connectivity index (χ1v) is 24.2. The molecule has 0 saturated carbocycles. The summed E-state index contributed by atoms with van der Waals surface area (Å²) in [5, 5.41) is 19.7. The summed E-state index contributed by atoms with van der Waals surface area (Å²) in [4.78, 5) is 12.1. The smallest absolute Gasteiger partial charge is 0.423 e. The third-order valence-electron chi connectivity index (χ3n) is 11.7. The molecule has 3 N–H and O–H groups in total. The van der Waals surface area contributed by atoms with E-state index in [2.05, 4.69) is 6.58 Å². The number of benzene rings is 1. The average molecular weight is 1820 g/mol. The molecule has 0 aliphatic rings. The van der Waals surface area contributed by atoms with Gasteiger partial charge >= 0.3 is 182 Å². The summed E-state index contributed by atoms with van der Waals surface area (Å²) in [5.74, 6) is -100. The Bertz CT molecular complexity index is 3500. The van der Waals surface area contributed by atoms with E-state index >= 15 is 65.9 Å². The number of rotatable bonds is 31. The van der Waals surface area contributed by atoms with Crippen molar-refractivity contribution in [1.82, 2.24) is 0 Å². The Morgan fingerprint density at radius 1 is 0.286 bits per heavy atom. The highest BCUT2D eigenvalue weighted by atomic mass is 19.5. The van der Waals surface area contributed by atoms with Gasteiger partial charge in [0.05, 0.1) is 0 Å². The van der Waals surface area contributed by atoms with E-state index in [0.29, 0.717) is 40.1 Å². The van der Waals surface area contributed by atoms with Gasteiger partial charge in [0.1, 0.15) is 0 Å². The van der Waals surface area contributed by atoms with E-state index < -0.39 is 223 Å². The SMILES string of the molecule is C=C(C)C(=O)Nc1cccc(B(O)O)c1C(F)(OC(F)(F)C(F)(OC(F)(F)C(F)(OC(F)(F)C(F)(OC(F)(F)C(F)(OC(F)(F)C(F)(OC(F)(F)C(F)(OC(F)(F)C(F)(OC(F)(F)C(F)(OC(F)(F)C(F)(F)C(F)(F)F)C(F)(F)F)C(F)(F)F)C(F)(F)F)C(F)(F)F)C(F)(F)F)C(F)(F)F)C(F)(F)F)C(F)(F)F)C(F)(F)F. The zero-order valence-electron chi connectivity index (χ0n) is 48.8. The molecule has 1 aromatic carbocycles. The van der Waals surface area contributed by atoms with Crippen LogP contribution in [0.2, 0.25) is 0 Å². The summed E-state index contributed by atoms with van der Waals surface area (Å²) >= 11 is 0. The molecule has 13 nitrogen and oxygen atoms in total. The van der Waals surface area contributed by atoms with Crippen molar-refractivity contribution in [2.24, 2.45) is 0 Å². The van der Waals surface area contributed by atoms with E-state index in [4.69, 9.17) is 0 Å². The maximum Gasteiger partial charge on any atom is 0.489 e. The lowest BCUT2D eigenvalue weighted by Crippen LogP contribution is -2.74. The highest BCUT2D eigenvalue weighted by molar-refractivity contribution is 6.59. The molecule has 0 spiro atoms. The van der Waals surface area contributed by atoms with Crippen molar-refractivity contribution < 1.29 is 317 Å². The first-order valence-electron chi connectivity index (χ1n) is 24.2. The molecule has 9 unspecified atom stereocenters. The van der Waals surface area contributed by atoms with Gasteiger partial charge in [0, 0.05) is 16.8 Å². The van der Waals surface area contributed by atoms with Gasteiger partial charge in [-0.2, -0.15) is 259 Å². The normalized spacial score (nSPS) is 20.2. The largest absolute Gasteiger partial charge is 0.489 e. The van der Waals surface area contributed by atoms with Gasteiger partial charge in [-0.05, 0) is 18.5 Å². The zero-order chi connectivity index (χ0) is 91.2. The molecule has 0 aromatic heterocycles. The van der Waals surface area contributed by atoms with Crippen LogP contribution in [0.3, 0.4) is 0 Å². The van der Waals surface area contributed by atoms with Gasteiger partial charge in [0.15, 0.2) is 0 Å². The number of carbonyl (C=O) groups excluding carboxylic acids is 1. The molecule has 1 amide bonds. The predicted octanol–water partition coefficient (Wildman–Crippen LogP) is 18.1. The highest BCUT2D eigenvalue weighted by Gasteiger charge is 2.95. The van der Waals surface area contributed by atoms with Crippen molar-refractivity contribution in [3.63, 3.8) is 0 Å². The molecule has 73 heteroatoms. The zero-order valence-corrected chi connectivity index (χ0v) is 48.8. The van der Waals surface area contributed by atoms with Crippen molar-refractivity contribution in [2.45, 2.75) is 182 Å². The lowest BCUT2D eigenvalue weighted by atomic mass is 9.74. The molecule has 660 valence electrons. The van der Waals surface area contributed by atoms with E-state index in [1.54, 1.807) is 0 Å². The standard InChI is InChI=1S/C39H11BF59NO12/c1-6(2)10(101)100-8-5-3-4-7(40(102)103)9(8)11(41,21(52,53)54)104-32(84,85)13(44,23(58,59)60)106-34(88,89)15(46,25(64,65)66)108-36(92,93)17(48,27(70,71)72)110-38(96,97)19(50,29(76,77)78)112-39(98,99)20(51,30(79,80)81)111-37(94,95)18(49,28(73,74)75)109-35(90,91)16(47,26(67,68)69)107-33(86,87)14(45,24(61,62)63)105-31(82,83)12(42,43)22(55,56)57/h3-5,102-103H,1H2,2H3,(H,100,101). The number of nitrogens with one attached hydrogen (secondary N) is 1. The quantitative estimate of drug-likeness (QED) is 0.0368. The Kier molecular flexibility index (Phi) is 26.6. The van der Waals surface area contributed by atoms with Gasteiger partial charge in [-0.15, -0.1) is 0 Å². The van der Waals surface area contributed by atoms with Crippen LogP contribution in [0.1, 0.15) is 12.5 Å². The summed E-state index contributed by atoms with van der Waals surface area (Å²) in [6.45, 7) is 3.08. The first-order chi connectivity index (χ1) is 47.8. The second-order valence-electron chi connectivity index (χ2n) is 19.9. The predicted molar refractivity (Wildman–Crippen MR) is 213 cm³/mol. The second-order valence-corrected chi connectivity index (χ2v) is 19.9. The molecule has 1 aromatic rings. The molecule has 0 bridgehead atoms. The number of hydrogen-bond acceptors (Lipinski definition) is 12. The molecule has 0 aliphatic heterocycles. The van der Waals surface area contributed by atoms with Crippen LogP contribution in [0.25, 0.3) is 0 Å². The van der Waals surface area contributed by atoms with Crippen LogP contribution < -0.4 is 10.8 Å². The van der Waals surface area contributed by atoms with Crippen LogP contribution in [0.5, 0.6) is 0 Å². The second kappa shape index (κ2) is 28.6. The average Bonchev–Trinajstić information content (AvgIpc) is 0.709. The van der Waals surface area contributed by atoms with E-state index in [1.807, 2.05) is 4.74 Å². The molecule has 1 rings (SSSR count). The molecule has 0 saturated heterocycles. The number of amides is 1. The number of hydrogen-bond donors (Lipinski definition) is 3. The van der Waals surface area contributed by atoms with E-state index in [9.17, 15) is 208 Å². The van der Waals surface area contributed by atoms with E-state index in [1.165, 1.54) is 0 Å². The molecular formula is C39H11BF59NO12. The van der Waals surface area contributed by atoms with Crippen molar-refractivity contribution in [3.05, 3.63) is 35.9 Å². The molecule has 0 aliphatic carbocycles. The number of anilines is 1. The van der Waals surface area contributed by atoms with Crippen LogP contribution in [0.4, 0.5) is 265 Å². The van der Waals surface area contributed by atoms with Crippen molar-refractivity contribution >= 4 is 24.2 Å². The fourth-order valence-electron chi connectivity index (χ4n) is 6.33. The van der Waals surface area contributed by atoms with Crippen LogP contribution >= 0.6 is 0 Å². The minimum Gasteiger partial charge on any atom is -0.423 e. The monoisotopic (exact) mass is 1820 g/mol. The van der Waals surface area contributed by atoms with E-state index in [-0.39, 0.29) is 6.07 Å². The third-order valence-corrected chi connectivity index (χ3v) is 11.7. The third kappa shape index (κ3) is 17.5. The summed E-state index contributed by atoms with van der Waals surface area (Å²) in [7, 11) is -4.09. The van der Waals surface area contributed by atoms with Crippen LogP contribution in [0, 0.1) is 0 Å². The first kappa shape index (κ1) is 104. The van der Waals surface area contributed by atoms with Gasteiger partial charge < -0.3 is 15.4 Å². The number of carbonyl (C=O) groups is 1. The Labute approximate surface area is 565 Å². The maximum absolute atomic E-state index is 16.1. The number of alkyl halides is 59. The van der Waals surface area contributed by atoms with Crippen LogP contribution in [0.15, 0.2) is 30.4 Å². The minimum absolute atomic E-state index is 0.0601. The topological polar surface area (TPSA) is 153 Å². The molecule has 0 fully saturated rings. The molecule has 0 heterocycles. The van der Waals surface area contributed by atoms with Gasteiger partial charge in [-0.1, -0.05) is 18.7 Å². The fraction of sp³-hybridized carbons (Fsp3) is 0.769. The highest BCUT2D eigenvalue weighted by Crippen LogP contribution is 2.67. The van der Waals surface area contributed by atoms with Crippen LogP contribution in [-0.4, -0.2) is 193 Å². The van der Waals surface area contributed by atoms with Crippen molar-refractivity contribution in [2.75, 3.05) is 5.32 Å². The maximum atomic E-state index is 16.1. The van der Waals surface area contributed by atoms with Gasteiger partial charge in [0.25, 0.3) is 5.91 Å². The minimum atomic E-state index is -10.5. The molecule has 112 heavy (non-hydrogen) atoms. The summed E-state index contributed by atoms with van der Waals surface area (Å²) in [6.07, 6.45) is -184. The molecule has 9 atom stereocenters. The fourth-order valence-corrected chi connectivity index (χ4v) is 6.33. The molecule has 0 radical (unpaired) electrons. The van der Waals surface area contributed by atoms with Gasteiger partial charge in [0.2, 0.25) is 0 Å². The van der Waals surface area contributed by atoms with Crippen molar-refractivity contribution in [3.8, 4) is 0 Å². The van der Waals surface area contributed by atoms with Gasteiger partial charge in [-0.3, -0.25) is 47.4 Å².